The molecule has 2 N–H and O–H groups in total. The number of β-amino-alcohol motifs (C(OH)–C–C–N with tert-alkyl or cyclic N) is 1. The average molecular weight is 692 g/mol. The van der Waals surface area contributed by atoms with Crippen LogP contribution in [0.5, 0.6) is 17.6 Å². The van der Waals surface area contributed by atoms with E-state index in [9.17, 15) is 10.2 Å². The molecule has 0 radical (unpaired) electrons. The summed E-state index contributed by atoms with van der Waals surface area (Å²) in [7, 11) is 1.41. The molecule has 13 heteroatoms. The van der Waals surface area contributed by atoms with Crippen LogP contribution < -0.4 is 14.4 Å². The number of piperidine rings is 1. The van der Waals surface area contributed by atoms with Crippen molar-refractivity contribution in [2.75, 3.05) is 64.7 Å². The maximum atomic E-state index is 17.1. The van der Waals surface area contributed by atoms with Crippen molar-refractivity contribution in [3.05, 3.63) is 42.0 Å². The monoisotopic (exact) mass is 691 g/mol. The van der Waals surface area contributed by atoms with Crippen molar-refractivity contribution in [3.63, 3.8) is 0 Å². The maximum Gasteiger partial charge on any atom is 0.319 e. The Morgan fingerprint density at radius 3 is 2.70 bits per heavy atom. The summed E-state index contributed by atoms with van der Waals surface area (Å²) in [5.41, 5.74) is -1.64. The van der Waals surface area contributed by atoms with Crippen LogP contribution in [0.25, 0.3) is 32.9 Å². The highest BCUT2D eigenvalue weighted by Gasteiger charge is 2.50. The van der Waals surface area contributed by atoms with Gasteiger partial charge in [0.1, 0.15) is 39.6 Å². The summed E-state index contributed by atoms with van der Waals surface area (Å²) in [4.78, 5) is 18.5. The highest BCUT2D eigenvalue weighted by atomic mass is 19.1. The van der Waals surface area contributed by atoms with E-state index in [0.29, 0.717) is 37.2 Å². The smallest absolute Gasteiger partial charge is 0.319 e. The van der Waals surface area contributed by atoms with E-state index in [1.165, 1.54) is 31.4 Å². The van der Waals surface area contributed by atoms with E-state index in [0.717, 1.165) is 58.3 Å². The summed E-state index contributed by atoms with van der Waals surface area (Å²) in [6, 6.07) is 7.89. The molecule has 11 nitrogen and oxygen atoms in total. The van der Waals surface area contributed by atoms with E-state index >= 15 is 8.78 Å². The van der Waals surface area contributed by atoms with E-state index < -0.39 is 17.2 Å². The molecule has 8 rings (SSSR count). The minimum absolute atomic E-state index is 0.00625. The van der Waals surface area contributed by atoms with Gasteiger partial charge in [0.2, 0.25) is 5.88 Å². The third-order valence-electron chi connectivity index (χ3n) is 11.0. The number of ether oxygens (including phenoxy) is 4. The van der Waals surface area contributed by atoms with E-state index in [2.05, 4.69) is 14.9 Å². The number of rotatable bonds is 7. The number of phenolic OH excluding ortho intramolecular Hbond substituents is 1. The van der Waals surface area contributed by atoms with Crippen LogP contribution in [0.1, 0.15) is 45.4 Å². The third kappa shape index (κ3) is 5.87. The minimum atomic E-state index is -1.22. The Bertz CT molecular complexity index is 1920. The van der Waals surface area contributed by atoms with Crippen LogP contribution >= 0.6 is 0 Å². The Balaban J connectivity index is 1.26. The Labute approximate surface area is 289 Å². The van der Waals surface area contributed by atoms with Crippen molar-refractivity contribution in [1.82, 2.24) is 19.9 Å². The zero-order valence-electron chi connectivity index (χ0n) is 28.5. The molecule has 4 fully saturated rings. The standard InChI is InChI=1S/C37H43F2N5O6/c1-36(46)19-43(13-15-49-20-36)33-29-32(30(39)31(40-34(29)47-2)25-17-24(45)16-22-6-3-7-26(38)28(22)25)41-35(42-33)50-21-37-10-4-8-27(37)44(12-5-11-37)23-9-14-48-18-23/h3,6-7,16-17,23,27,45-46H,4-5,8-15,18-21H2,1-2H3. The summed E-state index contributed by atoms with van der Waals surface area (Å²) < 4.78 is 56.1. The lowest BCUT2D eigenvalue weighted by Crippen LogP contribution is -2.55. The summed E-state index contributed by atoms with van der Waals surface area (Å²) in [6.45, 7) is 5.52. The lowest BCUT2D eigenvalue weighted by Gasteiger charge is -2.48. The number of methoxy groups -OCH3 is 1. The van der Waals surface area contributed by atoms with Crippen LogP contribution in [0.3, 0.4) is 0 Å². The zero-order valence-corrected chi connectivity index (χ0v) is 28.5. The molecule has 0 bridgehead atoms. The lowest BCUT2D eigenvalue weighted by atomic mass is 9.75. The molecule has 3 saturated heterocycles. The van der Waals surface area contributed by atoms with Gasteiger partial charge in [0.15, 0.2) is 5.82 Å². The summed E-state index contributed by atoms with van der Waals surface area (Å²) in [5, 5.41) is 22.4. The van der Waals surface area contributed by atoms with Gasteiger partial charge in [-0.3, -0.25) is 4.90 Å². The predicted molar refractivity (Wildman–Crippen MR) is 183 cm³/mol. The van der Waals surface area contributed by atoms with Crippen molar-refractivity contribution >= 4 is 27.5 Å². The van der Waals surface area contributed by atoms with Crippen molar-refractivity contribution < 1.29 is 37.9 Å². The number of anilines is 1. The van der Waals surface area contributed by atoms with Gasteiger partial charge in [-0.05, 0) is 69.2 Å². The molecule has 50 heavy (non-hydrogen) atoms. The molecule has 1 saturated carbocycles. The summed E-state index contributed by atoms with van der Waals surface area (Å²) >= 11 is 0. The Morgan fingerprint density at radius 2 is 1.88 bits per heavy atom. The molecule has 4 unspecified atom stereocenters. The average Bonchev–Trinajstić information content (AvgIpc) is 3.76. The number of hydrogen-bond donors (Lipinski definition) is 2. The number of aliphatic hydroxyl groups is 1. The quantitative estimate of drug-likeness (QED) is 0.265. The number of halogens is 2. The molecule has 0 spiro atoms. The Hall–Kier alpha value is -3.91. The molecule has 4 atom stereocenters. The molecular formula is C37H43F2N5O6. The van der Waals surface area contributed by atoms with E-state index in [1.54, 1.807) is 13.0 Å². The van der Waals surface area contributed by atoms with Gasteiger partial charge < -0.3 is 34.1 Å². The van der Waals surface area contributed by atoms with Crippen LogP contribution in [0.4, 0.5) is 14.6 Å². The van der Waals surface area contributed by atoms with Crippen molar-refractivity contribution in [2.24, 2.45) is 5.41 Å². The Morgan fingerprint density at radius 1 is 1.02 bits per heavy atom. The fourth-order valence-electron chi connectivity index (χ4n) is 8.83. The maximum absolute atomic E-state index is 17.1. The van der Waals surface area contributed by atoms with Gasteiger partial charge in [-0.1, -0.05) is 18.6 Å². The normalized spacial score (nSPS) is 27.5. The number of aromatic nitrogens is 3. The van der Waals surface area contributed by atoms with E-state index in [4.69, 9.17) is 23.9 Å². The third-order valence-corrected chi connectivity index (χ3v) is 11.0. The number of likely N-dealkylation sites (tertiary alicyclic amines) is 1. The number of aromatic hydroxyl groups is 1. The highest BCUT2D eigenvalue weighted by Crippen LogP contribution is 2.49. The van der Waals surface area contributed by atoms with Gasteiger partial charge in [0.25, 0.3) is 0 Å². The second kappa shape index (κ2) is 13.0. The number of nitrogens with zero attached hydrogens (tertiary/aromatic N) is 5. The molecule has 4 aromatic rings. The second-order valence-electron chi connectivity index (χ2n) is 14.6. The van der Waals surface area contributed by atoms with Gasteiger partial charge in [0.05, 0.1) is 40.1 Å². The molecule has 2 aromatic heterocycles. The molecule has 4 aliphatic rings. The van der Waals surface area contributed by atoms with E-state index in [1.807, 2.05) is 4.90 Å². The summed E-state index contributed by atoms with van der Waals surface area (Å²) in [6.07, 6.45) is 6.30. The van der Waals surface area contributed by atoms with Crippen LogP contribution in [0.15, 0.2) is 30.3 Å². The van der Waals surface area contributed by atoms with Crippen LogP contribution in [-0.2, 0) is 9.47 Å². The fraction of sp³-hybridized carbons (Fsp3) is 0.541. The molecule has 1 aliphatic carbocycles. The van der Waals surface area contributed by atoms with Gasteiger partial charge >= 0.3 is 6.01 Å². The number of pyridine rings is 1. The molecular weight excluding hydrogens is 648 g/mol. The van der Waals surface area contributed by atoms with Crippen molar-refractivity contribution in [1.29, 1.82) is 0 Å². The SMILES string of the molecule is COc1nc(-c2cc(O)cc3cccc(F)c23)c(F)c2nc(OCC34CCCC3N(C3CCOC3)CCC4)nc(N3CCOCC(C)(O)C3)c12. The van der Waals surface area contributed by atoms with Gasteiger partial charge in [-0.15, -0.1) is 0 Å². The predicted octanol–water partition coefficient (Wildman–Crippen LogP) is 5.23. The molecule has 0 amide bonds. The van der Waals surface area contributed by atoms with Gasteiger partial charge in [-0.2, -0.15) is 9.97 Å². The van der Waals surface area contributed by atoms with Crippen LogP contribution in [0, 0.1) is 17.0 Å². The highest BCUT2D eigenvalue weighted by molar-refractivity contribution is 6.02. The van der Waals surface area contributed by atoms with Crippen LogP contribution in [0.2, 0.25) is 0 Å². The number of phenols is 1. The fourth-order valence-corrected chi connectivity index (χ4v) is 8.83. The van der Waals surface area contributed by atoms with Crippen molar-refractivity contribution in [2.45, 2.75) is 63.1 Å². The molecule has 266 valence electrons. The first kappa shape index (κ1) is 33.2. The van der Waals surface area contributed by atoms with E-state index in [-0.39, 0.29) is 69.6 Å². The molecule has 5 heterocycles. The minimum Gasteiger partial charge on any atom is -0.508 e. The number of benzene rings is 2. The van der Waals surface area contributed by atoms with Gasteiger partial charge in [-0.25, -0.2) is 13.8 Å². The first-order valence-electron chi connectivity index (χ1n) is 17.5. The first-order valence-corrected chi connectivity index (χ1v) is 17.5. The Kier molecular flexibility index (Phi) is 8.65. The van der Waals surface area contributed by atoms with Crippen LogP contribution in [-0.4, -0.2) is 108 Å². The number of hydrogen-bond acceptors (Lipinski definition) is 11. The first-order chi connectivity index (χ1) is 24.2. The second-order valence-corrected chi connectivity index (χ2v) is 14.6. The molecule has 2 aromatic carbocycles. The summed E-state index contributed by atoms with van der Waals surface area (Å²) in [5.74, 6) is -1.32. The van der Waals surface area contributed by atoms with Crippen molar-refractivity contribution in [3.8, 4) is 28.9 Å². The molecule has 3 aliphatic heterocycles. The lowest BCUT2D eigenvalue weighted by molar-refractivity contribution is -0.0241. The topological polar surface area (TPSA) is 123 Å². The number of fused-ring (bicyclic) bond motifs is 3. The zero-order chi connectivity index (χ0) is 34.6. The van der Waals surface area contributed by atoms with Gasteiger partial charge in [0, 0.05) is 41.6 Å². The largest absolute Gasteiger partial charge is 0.508 e.